The van der Waals surface area contributed by atoms with Crippen LogP contribution in [0, 0.1) is 0 Å². The van der Waals surface area contributed by atoms with Crippen molar-refractivity contribution in [3.05, 3.63) is 0 Å². The van der Waals surface area contributed by atoms with E-state index < -0.39 is 0 Å². The summed E-state index contributed by atoms with van der Waals surface area (Å²) in [5.74, 6) is 0.484. The van der Waals surface area contributed by atoms with Crippen LogP contribution >= 0.6 is 11.8 Å². The maximum absolute atomic E-state index is 10.8. The van der Waals surface area contributed by atoms with Gasteiger partial charge in [0.2, 0.25) is 0 Å². The quantitative estimate of drug-likeness (QED) is 0.608. The van der Waals surface area contributed by atoms with Crippen LogP contribution in [0.4, 0.5) is 0 Å². The molecule has 0 radical (unpaired) electrons. The summed E-state index contributed by atoms with van der Waals surface area (Å²) in [4.78, 5) is 10.8. The first kappa shape index (κ1) is 6.71. The Labute approximate surface area is 65.6 Å². The number of thioether (sulfide) groups is 1. The van der Waals surface area contributed by atoms with Crippen LogP contribution in [0.5, 0.6) is 0 Å². The van der Waals surface area contributed by atoms with Crippen LogP contribution in [-0.2, 0) is 4.79 Å². The second-order valence-electron chi connectivity index (χ2n) is 3.24. The molecule has 0 N–H and O–H groups in total. The average molecular weight is 156 g/mol. The molecule has 0 aromatic heterocycles. The zero-order chi connectivity index (χ0) is 6.97. The summed E-state index contributed by atoms with van der Waals surface area (Å²) < 4.78 is 0. The minimum atomic E-state index is 0.484. The van der Waals surface area contributed by atoms with Crippen molar-refractivity contribution >= 4 is 17.5 Å². The summed E-state index contributed by atoms with van der Waals surface area (Å²) >= 11 is 2.06. The second-order valence-corrected chi connectivity index (χ2v) is 4.84. The molecular weight excluding hydrogens is 144 g/mol. The van der Waals surface area contributed by atoms with Gasteiger partial charge in [-0.15, -0.1) is 0 Å². The molecular formula is C8H12OS. The van der Waals surface area contributed by atoms with Crippen molar-refractivity contribution < 1.29 is 4.79 Å². The molecule has 1 atom stereocenters. The van der Waals surface area contributed by atoms with Gasteiger partial charge >= 0.3 is 0 Å². The standard InChI is InChI=1S/C8H12OS/c9-6-1-2-8(5-6)10-7-3-4-7/h7-8H,1-5H2. The van der Waals surface area contributed by atoms with Gasteiger partial charge in [0.05, 0.1) is 0 Å². The molecule has 10 heavy (non-hydrogen) atoms. The Kier molecular flexibility index (Phi) is 1.73. The molecule has 1 nitrogen and oxygen atoms in total. The number of ketones is 1. The summed E-state index contributed by atoms with van der Waals surface area (Å²) in [6.45, 7) is 0. The molecule has 0 aromatic rings. The molecule has 0 saturated heterocycles. The Morgan fingerprint density at radius 2 is 2.00 bits per heavy atom. The van der Waals surface area contributed by atoms with Gasteiger partial charge in [0, 0.05) is 23.3 Å². The predicted molar refractivity (Wildman–Crippen MR) is 43.3 cm³/mol. The summed E-state index contributed by atoms with van der Waals surface area (Å²) in [5.41, 5.74) is 0. The van der Waals surface area contributed by atoms with Gasteiger partial charge in [-0.05, 0) is 19.3 Å². The molecule has 2 aliphatic carbocycles. The molecule has 56 valence electrons. The Morgan fingerprint density at radius 3 is 2.50 bits per heavy atom. The van der Waals surface area contributed by atoms with Crippen LogP contribution in [0.2, 0.25) is 0 Å². The number of Topliss-reactive ketones (excluding diaryl/α,β-unsaturated/α-hetero) is 1. The molecule has 2 saturated carbocycles. The van der Waals surface area contributed by atoms with Crippen LogP contribution in [0.15, 0.2) is 0 Å². The van der Waals surface area contributed by atoms with E-state index in [2.05, 4.69) is 11.8 Å². The van der Waals surface area contributed by atoms with Gasteiger partial charge < -0.3 is 0 Å². The van der Waals surface area contributed by atoms with Crippen molar-refractivity contribution in [2.75, 3.05) is 0 Å². The third-order valence-electron chi connectivity index (χ3n) is 2.11. The maximum atomic E-state index is 10.8. The molecule has 2 aliphatic rings. The largest absolute Gasteiger partial charge is 0.300 e. The molecule has 2 fully saturated rings. The third kappa shape index (κ3) is 1.54. The van der Waals surface area contributed by atoms with Crippen molar-refractivity contribution in [1.82, 2.24) is 0 Å². The normalized spacial score (nSPS) is 33.2. The average Bonchev–Trinajstić information content (AvgIpc) is 2.59. The van der Waals surface area contributed by atoms with E-state index in [9.17, 15) is 4.79 Å². The van der Waals surface area contributed by atoms with E-state index in [1.807, 2.05) is 0 Å². The summed E-state index contributed by atoms with van der Waals surface area (Å²) in [6, 6.07) is 0. The molecule has 2 rings (SSSR count). The first-order chi connectivity index (χ1) is 4.84. The smallest absolute Gasteiger partial charge is 0.134 e. The molecule has 0 aromatic carbocycles. The van der Waals surface area contributed by atoms with Gasteiger partial charge in [-0.3, -0.25) is 4.79 Å². The van der Waals surface area contributed by atoms with Crippen molar-refractivity contribution in [3.8, 4) is 0 Å². The highest BCUT2D eigenvalue weighted by Crippen LogP contribution is 2.41. The van der Waals surface area contributed by atoms with E-state index >= 15 is 0 Å². The Balaban J connectivity index is 1.77. The van der Waals surface area contributed by atoms with Crippen LogP contribution in [-0.4, -0.2) is 16.3 Å². The van der Waals surface area contributed by atoms with E-state index in [0.717, 1.165) is 24.5 Å². The molecule has 0 amide bonds. The highest BCUT2D eigenvalue weighted by atomic mass is 32.2. The van der Waals surface area contributed by atoms with E-state index in [1.165, 1.54) is 12.8 Å². The van der Waals surface area contributed by atoms with Crippen molar-refractivity contribution in [1.29, 1.82) is 0 Å². The topological polar surface area (TPSA) is 17.1 Å². The van der Waals surface area contributed by atoms with E-state index in [0.29, 0.717) is 11.0 Å². The fraction of sp³-hybridized carbons (Fsp3) is 0.875. The highest BCUT2D eigenvalue weighted by Gasteiger charge is 2.30. The Morgan fingerprint density at radius 1 is 1.20 bits per heavy atom. The van der Waals surface area contributed by atoms with Gasteiger partial charge in [0.1, 0.15) is 5.78 Å². The fourth-order valence-electron chi connectivity index (χ4n) is 1.37. The summed E-state index contributed by atoms with van der Waals surface area (Å²) in [6.07, 6.45) is 5.66. The maximum Gasteiger partial charge on any atom is 0.134 e. The lowest BCUT2D eigenvalue weighted by Crippen LogP contribution is -1.97. The third-order valence-corrected chi connectivity index (χ3v) is 3.75. The number of rotatable bonds is 2. The SMILES string of the molecule is O=C1CCC(SC2CC2)C1. The van der Waals surface area contributed by atoms with Gasteiger partial charge in [-0.1, -0.05) is 0 Å². The number of carbonyl (C=O) groups is 1. The summed E-state index contributed by atoms with van der Waals surface area (Å²) in [7, 11) is 0. The molecule has 1 unspecified atom stereocenters. The van der Waals surface area contributed by atoms with Crippen LogP contribution in [0.25, 0.3) is 0 Å². The fourth-order valence-corrected chi connectivity index (χ4v) is 2.86. The minimum absolute atomic E-state index is 0.484. The van der Waals surface area contributed by atoms with Gasteiger partial charge in [0.25, 0.3) is 0 Å². The lowest BCUT2D eigenvalue weighted by Gasteiger charge is -2.04. The number of hydrogen-bond acceptors (Lipinski definition) is 2. The lowest BCUT2D eigenvalue weighted by atomic mass is 10.4. The van der Waals surface area contributed by atoms with Crippen molar-refractivity contribution in [2.45, 2.75) is 42.6 Å². The second kappa shape index (κ2) is 2.57. The van der Waals surface area contributed by atoms with Gasteiger partial charge in [0.15, 0.2) is 0 Å². The van der Waals surface area contributed by atoms with Crippen molar-refractivity contribution in [2.24, 2.45) is 0 Å². The molecule has 0 bridgehead atoms. The molecule has 0 heterocycles. The zero-order valence-electron chi connectivity index (χ0n) is 6.01. The number of hydrogen-bond donors (Lipinski definition) is 0. The summed E-state index contributed by atoms with van der Waals surface area (Å²) in [5, 5.41) is 1.62. The monoisotopic (exact) mass is 156 g/mol. The zero-order valence-corrected chi connectivity index (χ0v) is 6.82. The van der Waals surface area contributed by atoms with Crippen molar-refractivity contribution in [3.63, 3.8) is 0 Å². The van der Waals surface area contributed by atoms with E-state index in [1.54, 1.807) is 0 Å². The van der Waals surface area contributed by atoms with Crippen LogP contribution in [0.3, 0.4) is 0 Å². The van der Waals surface area contributed by atoms with E-state index in [-0.39, 0.29) is 0 Å². The predicted octanol–water partition coefficient (Wildman–Crippen LogP) is 2.00. The van der Waals surface area contributed by atoms with Gasteiger partial charge in [-0.25, -0.2) is 0 Å². The first-order valence-corrected chi connectivity index (χ1v) is 4.96. The lowest BCUT2D eigenvalue weighted by molar-refractivity contribution is -0.117. The molecule has 2 heteroatoms. The number of carbonyl (C=O) groups excluding carboxylic acids is 1. The van der Waals surface area contributed by atoms with Crippen LogP contribution in [0.1, 0.15) is 32.1 Å². The Bertz CT molecular complexity index is 151. The van der Waals surface area contributed by atoms with Crippen LogP contribution < -0.4 is 0 Å². The minimum Gasteiger partial charge on any atom is -0.300 e. The molecule has 0 aliphatic heterocycles. The first-order valence-electron chi connectivity index (χ1n) is 4.02. The van der Waals surface area contributed by atoms with E-state index in [4.69, 9.17) is 0 Å². The highest BCUT2D eigenvalue weighted by molar-refractivity contribution is 8.00. The Hall–Kier alpha value is 0.0200. The van der Waals surface area contributed by atoms with Gasteiger partial charge in [-0.2, -0.15) is 11.8 Å². The molecule has 0 spiro atoms.